The zero-order valence-corrected chi connectivity index (χ0v) is 7.99. The third-order valence-corrected chi connectivity index (χ3v) is 1.66. The van der Waals surface area contributed by atoms with E-state index in [1.165, 1.54) is 0 Å². The number of aryl methyl sites for hydroxylation is 1. The molecule has 0 atom stereocenters. The third kappa shape index (κ3) is 5.33. The SMILES string of the molecule is C1COCCN1.Cc1ccccn1. The molecule has 1 fully saturated rings. The van der Waals surface area contributed by atoms with Gasteiger partial charge in [0, 0.05) is 25.0 Å². The van der Waals surface area contributed by atoms with Crippen molar-refractivity contribution in [2.24, 2.45) is 0 Å². The largest absolute Gasteiger partial charge is 0.379 e. The quantitative estimate of drug-likeness (QED) is 0.646. The minimum Gasteiger partial charge on any atom is -0.379 e. The van der Waals surface area contributed by atoms with E-state index in [1.807, 2.05) is 25.1 Å². The summed E-state index contributed by atoms with van der Waals surface area (Å²) in [4.78, 5) is 3.98. The van der Waals surface area contributed by atoms with Gasteiger partial charge in [0.25, 0.3) is 0 Å². The van der Waals surface area contributed by atoms with E-state index < -0.39 is 0 Å². The first-order valence-electron chi connectivity index (χ1n) is 4.55. The summed E-state index contributed by atoms with van der Waals surface area (Å²) in [5, 5.41) is 3.16. The first kappa shape index (κ1) is 10.2. The molecule has 3 nitrogen and oxygen atoms in total. The fourth-order valence-electron chi connectivity index (χ4n) is 0.964. The van der Waals surface area contributed by atoms with Crippen molar-refractivity contribution in [1.29, 1.82) is 0 Å². The molecule has 0 radical (unpaired) electrons. The molecule has 1 N–H and O–H groups in total. The van der Waals surface area contributed by atoms with Gasteiger partial charge in [-0.3, -0.25) is 4.98 Å². The van der Waals surface area contributed by atoms with Crippen LogP contribution in [0.5, 0.6) is 0 Å². The Bertz CT molecular complexity index is 198. The Kier molecular flexibility index (Phi) is 5.13. The van der Waals surface area contributed by atoms with E-state index in [0.717, 1.165) is 32.0 Å². The second-order valence-corrected chi connectivity index (χ2v) is 2.83. The molecule has 1 aromatic heterocycles. The molecule has 2 rings (SSSR count). The predicted molar refractivity (Wildman–Crippen MR) is 52.7 cm³/mol. The molecule has 1 aliphatic heterocycles. The van der Waals surface area contributed by atoms with E-state index in [9.17, 15) is 0 Å². The van der Waals surface area contributed by atoms with Gasteiger partial charge in [-0.25, -0.2) is 0 Å². The average molecular weight is 180 g/mol. The van der Waals surface area contributed by atoms with Crippen molar-refractivity contribution in [3.63, 3.8) is 0 Å². The number of ether oxygens (including phenoxy) is 1. The number of nitrogens with one attached hydrogen (secondary N) is 1. The van der Waals surface area contributed by atoms with Gasteiger partial charge in [-0.05, 0) is 19.1 Å². The van der Waals surface area contributed by atoms with Gasteiger partial charge in [0.2, 0.25) is 0 Å². The minimum atomic E-state index is 0.889. The Morgan fingerprint density at radius 1 is 1.31 bits per heavy atom. The molecular weight excluding hydrogens is 164 g/mol. The van der Waals surface area contributed by atoms with Gasteiger partial charge in [-0.1, -0.05) is 6.07 Å². The highest BCUT2D eigenvalue weighted by Gasteiger charge is 1.92. The van der Waals surface area contributed by atoms with Gasteiger partial charge in [-0.15, -0.1) is 0 Å². The van der Waals surface area contributed by atoms with E-state index in [4.69, 9.17) is 4.74 Å². The number of rotatable bonds is 0. The van der Waals surface area contributed by atoms with Gasteiger partial charge < -0.3 is 10.1 Å². The van der Waals surface area contributed by atoms with Gasteiger partial charge >= 0.3 is 0 Å². The zero-order chi connectivity index (χ0) is 9.36. The lowest BCUT2D eigenvalue weighted by molar-refractivity contribution is 0.109. The molecule has 0 spiro atoms. The summed E-state index contributed by atoms with van der Waals surface area (Å²) >= 11 is 0. The fraction of sp³-hybridized carbons (Fsp3) is 0.500. The van der Waals surface area contributed by atoms with Crippen LogP contribution in [-0.4, -0.2) is 31.3 Å². The summed E-state index contributed by atoms with van der Waals surface area (Å²) in [6.07, 6.45) is 1.79. The molecule has 1 saturated heterocycles. The van der Waals surface area contributed by atoms with Crippen LogP contribution in [0.25, 0.3) is 0 Å². The lowest BCUT2D eigenvalue weighted by Crippen LogP contribution is -2.30. The highest BCUT2D eigenvalue weighted by molar-refractivity contribution is 4.99. The molecule has 72 valence electrons. The topological polar surface area (TPSA) is 34.1 Å². The van der Waals surface area contributed by atoms with Crippen LogP contribution in [-0.2, 0) is 4.74 Å². The monoisotopic (exact) mass is 180 g/mol. The van der Waals surface area contributed by atoms with E-state index in [-0.39, 0.29) is 0 Å². The molecule has 0 bridgehead atoms. The summed E-state index contributed by atoms with van der Waals surface area (Å²) in [7, 11) is 0. The Morgan fingerprint density at radius 3 is 2.31 bits per heavy atom. The number of pyridine rings is 1. The first-order valence-corrected chi connectivity index (χ1v) is 4.55. The standard InChI is InChI=1S/C6H7N.C4H9NO/c1-6-4-2-3-5-7-6;1-3-6-4-2-5-1/h2-5H,1H3;5H,1-4H2. The first-order chi connectivity index (χ1) is 6.39. The molecule has 3 heteroatoms. The Labute approximate surface area is 79.1 Å². The van der Waals surface area contributed by atoms with Crippen LogP contribution in [0.1, 0.15) is 5.69 Å². The normalized spacial score (nSPS) is 15.8. The lowest BCUT2D eigenvalue weighted by Gasteiger charge is -2.10. The number of nitrogens with zero attached hydrogens (tertiary/aromatic N) is 1. The van der Waals surface area contributed by atoms with Gasteiger partial charge in [0.05, 0.1) is 13.2 Å². The number of aromatic nitrogens is 1. The second kappa shape index (κ2) is 6.57. The lowest BCUT2D eigenvalue weighted by atomic mass is 10.4. The van der Waals surface area contributed by atoms with E-state index in [1.54, 1.807) is 6.20 Å². The maximum absolute atomic E-state index is 5.01. The van der Waals surface area contributed by atoms with E-state index in [2.05, 4.69) is 10.3 Å². The summed E-state index contributed by atoms with van der Waals surface area (Å²) in [6.45, 7) is 5.81. The fourth-order valence-corrected chi connectivity index (χ4v) is 0.964. The number of hydrogen-bond donors (Lipinski definition) is 1. The molecule has 0 aromatic carbocycles. The third-order valence-electron chi connectivity index (χ3n) is 1.66. The molecule has 1 aliphatic rings. The smallest absolute Gasteiger partial charge is 0.0591 e. The molecule has 1 aromatic rings. The Hall–Kier alpha value is -0.930. The molecule has 2 heterocycles. The van der Waals surface area contributed by atoms with E-state index >= 15 is 0 Å². The van der Waals surface area contributed by atoms with Crippen molar-refractivity contribution in [3.8, 4) is 0 Å². The minimum absolute atomic E-state index is 0.889. The molecule has 0 aliphatic carbocycles. The summed E-state index contributed by atoms with van der Waals surface area (Å²) in [6, 6.07) is 5.86. The van der Waals surface area contributed by atoms with Crippen LogP contribution in [0.2, 0.25) is 0 Å². The highest BCUT2D eigenvalue weighted by atomic mass is 16.5. The molecule has 0 unspecified atom stereocenters. The molecule has 0 amide bonds. The van der Waals surface area contributed by atoms with Crippen LogP contribution in [0.15, 0.2) is 24.4 Å². The maximum atomic E-state index is 5.01. The Morgan fingerprint density at radius 2 is 2.08 bits per heavy atom. The predicted octanol–water partition coefficient (Wildman–Crippen LogP) is 0.996. The van der Waals surface area contributed by atoms with Crippen molar-refractivity contribution in [3.05, 3.63) is 30.1 Å². The maximum Gasteiger partial charge on any atom is 0.0591 e. The highest BCUT2D eigenvalue weighted by Crippen LogP contribution is 1.86. The molecule has 13 heavy (non-hydrogen) atoms. The second-order valence-electron chi connectivity index (χ2n) is 2.83. The van der Waals surface area contributed by atoms with Crippen LogP contribution < -0.4 is 5.32 Å². The molecule has 0 saturated carbocycles. The Balaban J connectivity index is 0.000000132. The number of hydrogen-bond acceptors (Lipinski definition) is 3. The van der Waals surface area contributed by atoms with Crippen LogP contribution in [0.3, 0.4) is 0 Å². The summed E-state index contributed by atoms with van der Waals surface area (Å²) in [5.41, 5.74) is 1.07. The van der Waals surface area contributed by atoms with Crippen molar-refractivity contribution >= 4 is 0 Å². The summed E-state index contributed by atoms with van der Waals surface area (Å²) in [5.74, 6) is 0. The van der Waals surface area contributed by atoms with Gasteiger partial charge in [0.15, 0.2) is 0 Å². The summed E-state index contributed by atoms with van der Waals surface area (Å²) < 4.78 is 5.01. The van der Waals surface area contributed by atoms with Gasteiger partial charge in [0.1, 0.15) is 0 Å². The van der Waals surface area contributed by atoms with E-state index in [0.29, 0.717) is 0 Å². The van der Waals surface area contributed by atoms with Crippen molar-refractivity contribution < 1.29 is 4.74 Å². The zero-order valence-electron chi connectivity index (χ0n) is 7.99. The average Bonchev–Trinajstić information content (AvgIpc) is 2.22. The van der Waals surface area contributed by atoms with Crippen molar-refractivity contribution in [1.82, 2.24) is 10.3 Å². The van der Waals surface area contributed by atoms with Gasteiger partial charge in [-0.2, -0.15) is 0 Å². The van der Waals surface area contributed by atoms with Crippen LogP contribution in [0, 0.1) is 6.92 Å². The van der Waals surface area contributed by atoms with Crippen LogP contribution >= 0.6 is 0 Å². The van der Waals surface area contributed by atoms with Crippen LogP contribution in [0.4, 0.5) is 0 Å². The van der Waals surface area contributed by atoms with Crippen molar-refractivity contribution in [2.45, 2.75) is 6.92 Å². The van der Waals surface area contributed by atoms with Crippen molar-refractivity contribution in [2.75, 3.05) is 26.3 Å². The number of morpholine rings is 1. The molecular formula is C10H16N2O.